The standard InChI is InChI=1S/C17H12Cl2F3NO3/c18-10-6-5-9(13(19)8-10)7-14(16(25)26)23-15(24)11-3-1-2-4-12(11)17(20,21)22/h1-6,8,14H,7H2,(H,23,24)(H,25,26)/t14-/m0/s1. The van der Waals surface area contributed by atoms with Gasteiger partial charge in [0.2, 0.25) is 0 Å². The van der Waals surface area contributed by atoms with Gasteiger partial charge in [-0.05, 0) is 29.8 Å². The molecule has 26 heavy (non-hydrogen) atoms. The van der Waals surface area contributed by atoms with Gasteiger partial charge in [-0.2, -0.15) is 13.2 Å². The number of carboxylic acids is 1. The Morgan fingerprint density at radius 2 is 1.77 bits per heavy atom. The summed E-state index contributed by atoms with van der Waals surface area (Å²) in [6.45, 7) is 0. The van der Waals surface area contributed by atoms with Crippen LogP contribution in [0.4, 0.5) is 13.2 Å². The minimum Gasteiger partial charge on any atom is -0.480 e. The zero-order valence-electron chi connectivity index (χ0n) is 13.0. The second kappa shape index (κ2) is 7.97. The Balaban J connectivity index is 2.26. The van der Waals surface area contributed by atoms with E-state index in [0.717, 1.165) is 18.2 Å². The zero-order valence-corrected chi connectivity index (χ0v) is 14.5. The quantitative estimate of drug-likeness (QED) is 0.772. The number of carbonyl (C=O) groups excluding carboxylic acids is 1. The molecule has 0 bridgehead atoms. The Hall–Kier alpha value is -2.25. The number of halogens is 5. The van der Waals surface area contributed by atoms with Crippen LogP contribution < -0.4 is 5.32 Å². The minimum atomic E-state index is -4.74. The number of rotatable bonds is 5. The number of amides is 1. The number of aliphatic carboxylic acids is 1. The highest BCUT2D eigenvalue weighted by Gasteiger charge is 2.35. The average Bonchev–Trinajstić information content (AvgIpc) is 2.55. The first-order chi connectivity index (χ1) is 12.1. The lowest BCUT2D eigenvalue weighted by Crippen LogP contribution is -2.43. The van der Waals surface area contributed by atoms with E-state index >= 15 is 0 Å². The Kier molecular flexibility index (Phi) is 6.15. The molecule has 0 spiro atoms. The number of nitrogens with one attached hydrogen (secondary N) is 1. The molecule has 138 valence electrons. The molecule has 1 amide bonds. The van der Waals surface area contributed by atoms with Crippen LogP contribution in [-0.2, 0) is 17.4 Å². The molecule has 0 saturated carbocycles. The summed E-state index contributed by atoms with van der Waals surface area (Å²) in [6.07, 6.45) is -4.96. The van der Waals surface area contributed by atoms with Gasteiger partial charge in [0.25, 0.3) is 5.91 Å². The Morgan fingerprint density at radius 3 is 2.35 bits per heavy atom. The molecule has 0 unspecified atom stereocenters. The highest BCUT2D eigenvalue weighted by molar-refractivity contribution is 6.35. The third-order valence-electron chi connectivity index (χ3n) is 3.52. The van der Waals surface area contributed by atoms with E-state index in [4.69, 9.17) is 23.2 Å². The number of alkyl halides is 3. The van der Waals surface area contributed by atoms with Crippen molar-refractivity contribution in [3.63, 3.8) is 0 Å². The van der Waals surface area contributed by atoms with Crippen LogP contribution >= 0.6 is 23.2 Å². The molecule has 0 aliphatic rings. The summed E-state index contributed by atoms with van der Waals surface area (Å²) >= 11 is 11.7. The van der Waals surface area contributed by atoms with Gasteiger partial charge >= 0.3 is 12.1 Å². The van der Waals surface area contributed by atoms with E-state index in [0.29, 0.717) is 10.6 Å². The maximum Gasteiger partial charge on any atom is 0.417 e. The number of hydrogen-bond donors (Lipinski definition) is 2. The highest BCUT2D eigenvalue weighted by atomic mass is 35.5. The van der Waals surface area contributed by atoms with Crippen LogP contribution in [0.5, 0.6) is 0 Å². The molecule has 4 nitrogen and oxygen atoms in total. The first kappa shape index (κ1) is 20.1. The molecule has 2 aromatic rings. The van der Waals surface area contributed by atoms with Crippen molar-refractivity contribution in [2.45, 2.75) is 18.6 Å². The van der Waals surface area contributed by atoms with E-state index in [-0.39, 0.29) is 11.4 Å². The lowest BCUT2D eigenvalue weighted by molar-refractivity contribution is -0.139. The molecule has 2 rings (SSSR count). The van der Waals surface area contributed by atoms with Crippen LogP contribution in [0.3, 0.4) is 0 Å². The Labute approximate surface area is 156 Å². The van der Waals surface area contributed by atoms with Gasteiger partial charge in [-0.1, -0.05) is 41.4 Å². The van der Waals surface area contributed by atoms with E-state index < -0.39 is 35.2 Å². The van der Waals surface area contributed by atoms with E-state index in [9.17, 15) is 27.9 Å². The van der Waals surface area contributed by atoms with E-state index in [2.05, 4.69) is 5.32 Å². The van der Waals surface area contributed by atoms with Gasteiger partial charge in [0.05, 0.1) is 11.1 Å². The predicted molar refractivity (Wildman–Crippen MR) is 90.5 cm³/mol. The lowest BCUT2D eigenvalue weighted by atomic mass is 10.0. The third-order valence-corrected chi connectivity index (χ3v) is 4.11. The van der Waals surface area contributed by atoms with Crippen molar-refractivity contribution in [1.29, 1.82) is 0 Å². The van der Waals surface area contributed by atoms with Crippen LogP contribution in [-0.4, -0.2) is 23.0 Å². The van der Waals surface area contributed by atoms with Crippen LogP contribution in [0.2, 0.25) is 10.0 Å². The van der Waals surface area contributed by atoms with Gasteiger partial charge < -0.3 is 10.4 Å². The van der Waals surface area contributed by atoms with E-state index in [1.54, 1.807) is 0 Å². The van der Waals surface area contributed by atoms with Crippen molar-refractivity contribution >= 4 is 35.1 Å². The predicted octanol–water partition coefficient (Wildman–Crippen LogP) is 4.44. The first-order valence-corrected chi connectivity index (χ1v) is 7.99. The van der Waals surface area contributed by atoms with Crippen LogP contribution in [0.15, 0.2) is 42.5 Å². The summed E-state index contributed by atoms with van der Waals surface area (Å²) in [7, 11) is 0. The number of benzene rings is 2. The van der Waals surface area contributed by atoms with Crippen molar-refractivity contribution in [3.8, 4) is 0 Å². The molecule has 1 atom stereocenters. The molecule has 2 N–H and O–H groups in total. The maximum atomic E-state index is 13.0. The van der Waals surface area contributed by atoms with Crippen LogP contribution in [0.25, 0.3) is 0 Å². The molecule has 0 fully saturated rings. The van der Waals surface area contributed by atoms with Crippen molar-refractivity contribution < 1.29 is 27.9 Å². The largest absolute Gasteiger partial charge is 0.480 e. The average molecular weight is 406 g/mol. The van der Waals surface area contributed by atoms with Gasteiger partial charge in [-0.3, -0.25) is 4.79 Å². The topological polar surface area (TPSA) is 66.4 Å². The van der Waals surface area contributed by atoms with Crippen LogP contribution in [0.1, 0.15) is 21.5 Å². The molecule has 0 radical (unpaired) electrons. The monoisotopic (exact) mass is 405 g/mol. The molecular formula is C17H12Cl2F3NO3. The lowest BCUT2D eigenvalue weighted by Gasteiger charge is -2.17. The smallest absolute Gasteiger partial charge is 0.417 e. The molecule has 0 saturated heterocycles. The van der Waals surface area contributed by atoms with Crippen molar-refractivity contribution in [2.75, 3.05) is 0 Å². The highest BCUT2D eigenvalue weighted by Crippen LogP contribution is 2.32. The summed E-state index contributed by atoms with van der Waals surface area (Å²) in [6, 6.07) is 7.03. The van der Waals surface area contributed by atoms with Crippen molar-refractivity contribution in [2.24, 2.45) is 0 Å². The SMILES string of the molecule is O=C(N[C@@H](Cc1ccc(Cl)cc1Cl)C(=O)O)c1ccccc1C(F)(F)F. The van der Waals surface area contributed by atoms with Gasteiger partial charge in [-0.15, -0.1) is 0 Å². The van der Waals surface area contributed by atoms with Gasteiger partial charge in [0.1, 0.15) is 6.04 Å². The van der Waals surface area contributed by atoms with Crippen molar-refractivity contribution in [1.82, 2.24) is 5.32 Å². The summed E-state index contributed by atoms with van der Waals surface area (Å²) in [4.78, 5) is 23.7. The molecule has 0 aromatic heterocycles. The summed E-state index contributed by atoms with van der Waals surface area (Å²) in [5.74, 6) is -2.55. The second-order valence-electron chi connectivity index (χ2n) is 5.35. The number of carboxylic acid groups (broad SMARTS) is 1. The molecule has 0 aliphatic carbocycles. The Bertz CT molecular complexity index is 840. The fraction of sp³-hybridized carbons (Fsp3) is 0.176. The molecule has 0 aliphatic heterocycles. The summed E-state index contributed by atoms with van der Waals surface area (Å²) in [5.41, 5.74) is -1.42. The maximum absolute atomic E-state index is 13.0. The fourth-order valence-corrected chi connectivity index (χ4v) is 2.76. The first-order valence-electron chi connectivity index (χ1n) is 7.23. The van der Waals surface area contributed by atoms with Gasteiger partial charge in [0, 0.05) is 16.5 Å². The number of carbonyl (C=O) groups is 2. The van der Waals surface area contributed by atoms with Crippen molar-refractivity contribution in [3.05, 3.63) is 69.2 Å². The third kappa shape index (κ3) is 4.89. The molecule has 9 heteroatoms. The fourth-order valence-electron chi connectivity index (χ4n) is 2.27. The van der Waals surface area contributed by atoms with Gasteiger partial charge in [-0.25, -0.2) is 4.79 Å². The molecular weight excluding hydrogens is 394 g/mol. The second-order valence-corrected chi connectivity index (χ2v) is 6.19. The summed E-state index contributed by atoms with van der Waals surface area (Å²) < 4.78 is 39.0. The molecule has 0 heterocycles. The normalized spacial score (nSPS) is 12.5. The molecule has 2 aromatic carbocycles. The van der Waals surface area contributed by atoms with E-state index in [1.165, 1.54) is 24.3 Å². The number of hydrogen-bond acceptors (Lipinski definition) is 2. The minimum absolute atomic E-state index is 0.189. The summed E-state index contributed by atoms with van der Waals surface area (Å²) in [5, 5.41) is 11.9. The van der Waals surface area contributed by atoms with Crippen LogP contribution in [0, 0.1) is 0 Å². The zero-order chi connectivity index (χ0) is 19.5. The van der Waals surface area contributed by atoms with Gasteiger partial charge in [0.15, 0.2) is 0 Å². The Morgan fingerprint density at radius 1 is 1.12 bits per heavy atom. The van der Waals surface area contributed by atoms with E-state index in [1.807, 2.05) is 0 Å².